The molecule has 19 heavy (non-hydrogen) atoms. The first kappa shape index (κ1) is 13.9. The molecule has 5 heteroatoms. The second-order valence-corrected chi connectivity index (χ2v) is 6.20. The van der Waals surface area contributed by atoms with Crippen LogP contribution in [0.4, 0.5) is 5.69 Å². The standard InChI is InChI=1S/C14H14ClNO2S/c1-11-3-2-4-14(9-11)19(17,18)16-13-7-5-12(10-15)6-8-13/h2-9,16H,10H2,1H3. The third-order valence-corrected chi connectivity index (χ3v) is 4.35. The van der Waals surface area contributed by atoms with E-state index in [1.54, 1.807) is 42.5 Å². The zero-order valence-electron chi connectivity index (χ0n) is 10.4. The Morgan fingerprint density at radius 1 is 1.11 bits per heavy atom. The zero-order chi connectivity index (χ0) is 13.9. The van der Waals surface area contributed by atoms with Crippen molar-refractivity contribution in [2.24, 2.45) is 0 Å². The molecule has 0 heterocycles. The Bertz CT molecular complexity index is 666. The number of sulfonamides is 1. The van der Waals surface area contributed by atoms with Crippen LogP contribution in [0.15, 0.2) is 53.4 Å². The van der Waals surface area contributed by atoms with Crippen LogP contribution in [0.1, 0.15) is 11.1 Å². The Morgan fingerprint density at radius 2 is 1.79 bits per heavy atom. The molecule has 2 rings (SSSR count). The number of benzene rings is 2. The van der Waals surface area contributed by atoms with Gasteiger partial charge in [0.05, 0.1) is 4.90 Å². The van der Waals surface area contributed by atoms with E-state index in [4.69, 9.17) is 11.6 Å². The lowest BCUT2D eigenvalue weighted by Crippen LogP contribution is -2.12. The summed E-state index contributed by atoms with van der Waals surface area (Å²) in [4.78, 5) is 0.258. The van der Waals surface area contributed by atoms with Crippen molar-refractivity contribution >= 4 is 27.3 Å². The molecule has 0 saturated heterocycles. The van der Waals surface area contributed by atoms with E-state index in [0.29, 0.717) is 11.6 Å². The normalized spacial score (nSPS) is 11.3. The molecule has 100 valence electrons. The van der Waals surface area contributed by atoms with Gasteiger partial charge in [0, 0.05) is 11.6 Å². The van der Waals surface area contributed by atoms with Crippen LogP contribution in [0, 0.1) is 6.92 Å². The smallest absolute Gasteiger partial charge is 0.261 e. The van der Waals surface area contributed by atoms with Gasteiger partial charge in [0.2, 0.25) is 0 Å². The summed E-state index contributed by atoms with van der Waals surface area (Å²) < 4.78 is 26.9. The first-order valence-corrected chi connectivity index (χ1v) is 7.77. The van der Waals surface area contributed by atoms with Crippen LogP contribution in [-0.2, 0) is 15.9 Å². The maximum Gasteiger partial charge on any atom is 0.261 e. The van der Waals surface area contributed by atoms with E-state index in [1.165, 1.54) is 0 Å². The fraction of sp³-hybridized carbons (Fsp3) is 0.143. The highest BCUT2D eigenvalue weighted by atomic mass is 35.5. The molecule has 0 unspecified atom stereocenters. The number of rotatable bonds is 4. The second-order valence-electron chi connectivity index (χ2n) is 4.25. The molecule has 0 radical (unpaired) electrons. The third kappa shape index (κ3) is 3.49. The maximum atomic E-state index is 12.2. The van der Waals surface area contributed by atoms with E-state index in [9.17, 15) is 8.42 Å². The summed E-state index contributed by atoms with van der Waals surface area (Å²) in [6.07, 6.45) is 0. The van der Waals surface area contributed by atoms with Gasteiger partial charge in [-0.25, -0.2) is 8.42 Å². The molecule has 0 aliphatic carbocycles. The van der Waals surface area contributed by atoms with E-state index in [1.807, 2.05) is 13.0 Å². The van der Waals surface area contributed by atoms with Gasteiger partial charge in [0.15, 0.2) is 0 Å². The highest BCUT2D eigenvalue weighted by Crippen LogP contribution is 2.18. The third-order valence-electron chi connectivity index (χ3n) is 2.66. The summed E-state index contributed by atoms with van der Waals surface area (Å²) in [5.74, 6) is 0.408. The van der Waals surface area contributed by atoms with E-state index in [-0.39, 0.29) is 4.90 Å². The van der Waals surface area contributed by atoms with Crippen molar-refractivity contribution < 1.29 is 8.42 Å². The minimum Gasteiger partial charge on any atom is -0.280 e. The zero-order valence-corrected chi connectivity index (χ0v) is 12.0. The fourth-order valence-corrected chi connectivity index (χ4v) is 3.00. The van der Waals surface area contributed by atoms with Gasteiger partial charge < -0.3 is 0 Å². The Kier molecular flexibility index (Phi) is 4.12. The van der Waals surface area contributed by atoms with Crippen molar-refractivity contribution in [2.45, 2.75) is 17.7 Å². The second kappa shape index (κ2) is 5.63. The SMILES string of the molecule is Cc1cccc(S(=O)(=O)Nc2ccc(CCl)cc2)c1. The van der Waals surface area contributed by atoms with Gasteiger partial charge in [-0.3, -0.25) is 4.72 Å². The largest absolute Gasteiger partial charge is 0.280 e. The predicted molar refractivity (Wildman–Crippen MR) is 78.0 cm³/mol. The number of alkyl halides is 1. The molecule has 0 amide bonds. The molecule has 0 atom stereocenters. The van der Waals surface area contributed by atoms with Crippen LogP contribution in [0.3, 0.4) is 0 Å². The minimum absolute atomic E-state index is 0.258. The molecule has 0 aliphatic heterocycles. The molecule has 0 saturated carbocycles. The molecule has 0 spiro atoms. The van der Waals surface area contributed by atoms with Crippen LogP contribution in [0.5, 0.6) is 0 Å². The predicted octanol–water partition coefficient (Wildman–Crippen LogP) is 3.53. The average molecular weight is 296 g/mol. The number of aryl methyl sites for hydroxylation is 1. The van der Waals surface area contributed by atoms with Crippen molar-refractivity contribution in [3.8, 4) is 0 Å². The molecule has 2 aromatic carbocycles. The lowest BCUT2D eigenvalue weighted by atomic mass is 10.2. The lowest BCUT2D eigenvalue weighted by Gasteiger charge is -2.09. The van der Waals surface area contributed by atoms with Gasteiger partial charge >= 0.3 is 0 Å². The maximum absolute atomic E-state index is 12.2. The topological polar surface area (TPSA) is 46.2 Å². The minimum atomic E-state index is -3.54. The summed E-state index contributed by atoms with van der Waals surface area (Å²) in [6.45, 7) is 1.86. The molecule has 0 bridgehead atoms. The average Bonchev–Trinajstić information content (AvgIpc) is 2.39. The summed E-state index contributed by atoms with van der Waals surface area (Å²) in [7, 11) is -3.54. The van der Waals surface area contributed by atoms with Gasteiger partial charge in [-0.15, -0.1) is 11.6 Å². The first-order chi connectivity index (χ1) is 9.01. The Labute approximate surface area is 118 Å². The Hall–Kier alpha value is -1.52. The van der Waals surface area contributed by atoms with E-state index >= 15 is 0 Å². The van der Waals surface area contributed by atoms with Gasteiger partial charge in [0.1, 0.15) is 0 Å². The van der Waals surface area contributed by atoms with E-state index in [0.717, 1.165) is 11.1 Å². The molecular weight excluding hydrogens is 282 g/mol. The number of nitrogens with one attached hydrogen (secondary N) is 1. The van der Waals surface area contributed by atoms with Crippen LogP contribution in [0.25, 0.3) is 0 Å². The molecule has 0 aromatic heterocycles. The highest BCUT2D eigenvalue weighted by Gasteiger charge is 2.13. The van der Waals surface area contributed by atoms with Crippen LogP contribution in [0.2, 0.25) is 0 Å². The van der Waals surface area contributed by atoms with E-state index < -0.39 is 10.0 Å². The summed E-state index contributed by atoms with van der Waals surface area (Å²) >= 11 is 5.69. The number of hydrogen-bond donors (Lipinski definition) is 1. The van der Waals surface area contributed by atoms with Crippen LogP contribution < -0.4 is 4.72 Å². The van der Waals surface area contributed by atoms with Crippen molar-refractivity contribution in [3.05, 3.63) is 59.7 Å². The monoisotopic (exact) mass is 295 g/mol. The number of hydrogen-bond acceptors (Lipinski definition) is 2. The number of halogens is 1. The summed E-state index contributed by atoms with van der Waals surface area (Å²) in [5.41, 5.74) is 2.37. The molecule has 0 fully saturated rings. The molecular formula is C14H14ClNO2S. The van der Waals surface area contributed by atoms with Crippen LogP contribution >= 0.6 is 11.6 Å². The van der Waals surface area contributed by atoms with Gasteiger partial charge in [-0.2, -0.15) is 0 Å². The van der Waals surface area contributed by atoms with E-state index in [2.05, 4.69) is 4.72 Å². The first-order valence-electron chi connectivity index (χ1n) is 5.76. The lowest BCUT2D eigenvalue weighted by molar-refractivity contribution is 0.601. The molecule has 1 N–H and O–H groups in total. The Morgan fingerprint density at radius 3 is 2.37 bits per heavy atom. The van der Waals surface area contributed by atoms with Crippen molar-refractivity contribution in [3.63, 3.8) is 0 Å². The van der Waals surface area contributed by atoms with Gasteiger partial charge in [0.25, 0.3) is 10.0 Å². The molecule has 3 nitrogen and oxygen atoms in total. The summed E-state index contributed by atoms with van der Waals surface area (Å²) in [6, 6.07) is 13.8. The Balaban J connectivity index is 2.25. The fourth-order valence-electron chi connectivity index (χ4n) is 1.66. The van der Waals surface area contributed by atoms with Crippen molar-refractivity contribution in [1.82, 2.24) is 0 Å². The van der Waals surface area contributed by atoms with Gasteiger partial charge in [-0.05, 0) is 42.3 Å². The molecule has 0 aliphatic rings. The molecule has 2 aromatic rings. The summed E-state index contributed by atoms with van der Waals surface area (Å²) in [5, 5.41) is 0. The quantitative estimate of drug-likeness (QED) is 0.877. The van der Waals surface area contributed by atoms with Gasteiger partial charge in [-0.1, -0.05) is 24.3 Å². The van der Waals surface area contributed by atoms with Crippen molar-refractivity contribution in [1.29, 1.82) is 0 Å². The highest BCUT2D eigenvalue weighted by molar-refractivity contribution is 7.92. The van der Waals surface area contributed by atoms with Crippen molar-refractivity contribution in [2.75, 3.05) is 4.72 Å². The van der Waals surface area contributed by atoms with Crippen LogP contribution in [-0.4, -0.2) is 8.42 Å². The number of anilines is 1.